The lowest BCUT2D eigenvalue weighted by atomic mass is 9.79. The predicted octanol–water partition coefficient (Wildman–Crippen LogP) is 5.21. The van der Waals surface area contributed by atoms with Gasteiger partial charge in [-0.1, -0.05) is 82.2 Å². The standard InChI is InChI=1S/C25H36O5/c1-2-3-4-5-6-7-8-12-15-28-24(26)20-16-22-23(30-22)17-21(20)25(27)29-18-19-13-10-9-11-14-19/h9-11,13-14,20-23H,2-8,12,15-18H2,1H3. The molecule has 1 saturated heterocycles. The summed E-state index contributed by atoms with van der Waals surface area (Å²) in [4.78, 5) is 25.4. The molecule has 1 heterocycles. The van der Waals surface area contributed by atoms with Crippen molar-refractivity contribution in [2.24, 2.45) is 11.8 Å². The molecule has 5 nitrogen and oxygen atoms in total. The van der Waals surface area contributed by atoms with Gasteiger partial charge < -0.3 is 14.2 Å². The summed E-state index contributed by atoms with van der Waals surface area (Å²) >= 11 is 0. The molecule has 1 aliphatic heterocycles. The number of benzene rings is 1. The van der Waals surface area contributed by atoms with Gasteiger partial charge in [-0.25, -0.2) is 0 Å². The smallest absolute Gasteiger partial charge is 0.310 e. The maximum atomic E-state index is 12.7. The van der Waals surface area contributed by atoms with Gasteiger partial charge in [-0.15, -0.1) is 0 Å². The van der Waals surface area contributed by atoms with Gasteiger partial charge in [-0.2, -0.15) is 0 Å². The zero-order chi connectivity index (χ0) is 21.2. The van der Waals surface area contributed by atoms with Crippen LogP contribution in [0.1, 0.15) is 76.7 Å². The highest BCUT2D eigenvalue weighted by Crippen LogP contribution is 2.43. The fourth-order valence-electron chi connectivity index (χ4n) is 4.30. The maximum absolute atomic E-state index is 12.7. The largest absolute Gasteiger partial charge is 0.465 e. The normalized spacial score (nSPS) is 24.7. The topological polar surface area (TPSA) is 65.1 Å². The summed E-state index contributed by atoms with van der Waals surface area (Å²) in [6.07, 6.45) is 10.9. The second-order valence-corrected chi connectivity index (χ2v) is 8.63. The Kier molecular flexibility index (Phi) is 9.19. The summed E-state index contributed by atoms with van der Waals surface area (Å²) in [5, 5.41) is 0. The molecule has 1 saturated carbocycles. The van der Waals surface area contributed by atoms with E-state index in [0.29, 0.717) is 19.4 Å². The molecule has 30 heavy (non-hydrogen) atoms. The minimum Gasteiger partial charge on any atom is -0.465 e. The summed E-state index contributed by atoms with van der Waals surface area (Å²) in [6.45, 7) is 2.89. The number of esters is 2. The molecule has 0 amide bonds. The predicted molar refractivity (Wildman–Crippen MR) is 115 cm³/mol. The molecule has 0 radical (unpaired) electrons. The van der Waals surface area contributed by atoms with Gasteiger partial charge in [0.15, 0.2) is 0 Å². The molecule has 5 heteroatoms. The number of carbonyl (C=O) groups is 2. The van der Waals surface area contributed by atoms with Gasteiger partial charge in [0.25, 0.3) is 0 Å². The number of ether oxygens (including phenoxy) is 3. The number of hydrogen-bond acceptors (Lipinski definition) is 5. The average Bonchev–Trinajstić information content (AvgIpc) is 3.54. The Morgan fingerprint density at radius 1 is 0.833 bits per heavy atom. The third kappa shape index (κ3) is 7.12. The highest BCUT2D eigenvalue weighted by Gasteiger charge is 2.53. The highest BCUT2D eigenvalue weighted by atomic mass is 16.6. The summed E-state index contributed by atoms with van der Waals surface area (Å²) in [5.74, 6) is -1.51. The van der Waals surface area contributed by atoms with Crippen molar-refractivity contribution < 1.29 is 23.8 Å². The zero-order valence-electron chi connectivity index (χ0n) is 18.2. The quantitative estimate of drug-likeness (QED) is 0.251. The molecule has 4 atom stereocenters. The van der Waals surface area contributed by atoms with Crippen molar-refractivity contribution in [1.29, 1.82) is 0 Å². The van der Waals surface area contributed by atoms with Gasteiger partial charge >= 0.3 is 11.9 Å². The van der Waals surface area contributed by atoms with Crippen LogP contribution in [0.25, 0.3) is 0 Å². The van der Waals surface area contributed by atoms with Crippen molar-refractivity contribution in [2.75, 3.05) is 6.61 Å². The van der Waals surface area contributed by atoms with Crippen molar-refractivity contribution in [2.45, 2.75) is 89.9 Å². The van der Waals surface area contributed by atoms with E-state index in [1.165, 1.54) is 38.5 Å². The first-order chi connectivity index (χ1) is 14.7. The lowest BCUT2D eigenvalue weighted by Crippen LogP contribution is -2.37. The molecule has 1 aliphatic carbocycles. The molecule has 1 aromatic rings. The van der Waals surface area contributed by atoms with Gasteiger partial charge in [0.1, 0.15) is 6.61 Å². The van der Waals surface area contributed by atoms with E-state index in [0.717, 1.165) is 18.4 Å². The first-order valence-corrected chi connectivity index (χ1v) is 11.7. The van der Waals surface area contributed by atoms with E-state index < -0.39 is 11.8 Å². The molecule has 2 fully saturated rings. The second kappa shape index (κ2) is 12.1. The van der Waals surface area contributed by atoms with E-state index in [1.807, 2.05) is 30.3 Å². The molecule has 3 rings (SSSR count). The van der Waals surface area contributed by atoms with E-state index in [4.69, 9.17) is 14.2 Å². The maximum Gasteiger partial charge on any atom is 0.310 e. The van der Waals surface area contributed by atoms with Gasteiger partial charge in [0.05, 0.1) is 30.7 Å². The third-order valence-electron chi connectivity index (χ3n) is 6.22. The Morgan fingerprint density at radius 3 is 2.03 bits per heavy atom. The van der Waals surface area contributed by atoms with Crippen LogP contribution >= 0.6 is 0 Å². The van der Waals surface area contributed by atoms with Gasteiger partial charge in [0, 0.05) is 0 Å². The summed E-state index contributed by atoms with van der Waals surface area (Å²) in [6, 6.07) is 9.60. The number of carbonyl (C=O) groups excluding carboxylic acids is 2. The van der Waals surface area contributed by atoms with Crippen molar-refractivity contribution in [3.8, 4) is 0 Å². The fourth-order valence-corrected chi connectivity index (χ4v) is 4.30. The molecule has 0 bridgehead atoms. The molecule has 4 unspecified atom stereocenters. The minimum atomic E-state index is -0.469. The summed E-state index contributed by atoms with van der Waals surface area (Å²) < 4.78 is 16.6. The molecule has 0 spiro atoms. The third-order valence-corrected chi connectivity index (χ3v) is 6.22. The zero-order valence-corrected chi connectivity index (χ0v) is 18.2. The fraction of sp³-hybridized carbons (Fsp3) is 0.680. The van der Waals surface area contributed by atoms with Gasteiger partial charge in [-0.3, -0.25) is 9.59 Å². The molecular weight excluding hydrogens is 380 g/mol. The monoisotopic (exact) mass is 416 g/mol. The second-order valence-electron chi connectivity index (χ2n) is 8.63. The Morgan fingerprint density at radius 2 is 1.40 bits per heavy atom. The van der Waals surface area contributed by atoms with Crippen LogP contribution < -0.4 is 0 Å². The average molecular weight is 417 g/mol. The molecular formula is C25H36O5. The molecule has 1 aromatic carbocycles. The first kappa shape index (κ1) is 22.8. The van der Waals surface area contributed by atoms with Crippen LogP contribution in [0.3, 0.4) is 0 Å². The number of hydrogen-bond donors (Lipinski definition) is 0. The Bertz CT molecular complexity index is 659. The summed E-state index contributed by atoms with van der Waals surface area (Å²) in [7, 11) is 0. The first-order valence-electron chi connectivity index (χ1n) is 11.7. The van der Waals surface area contributed by atoms with Crippen LogP contribution in [-0.4, -0.2) is 30.8 Å². The number of unbranched alkanes of at least 4 members (excludes halogenated alkanes) is 7. The lowest BCUT2D eigenvalue weighted by molar-refractivity contribution is -0.163. The SMILES string of the molecule is CCCCCCCCCCOC(=O)C1CC2OC2CC1C(=O)OCc1ccccc1. The Balaban J connectivity index is 1.37. The van der Waals surface area contributed by atoms with Crippen molar-refractivity contribution >= 4 is 11.9 Å². The number of epoxide rings is 1. The van der Waals surface area contributed by atoms with E-state index in [9.17, 15) is 9.59 Å². The van der Waals surface area contributed by atoms with Crippen molar-refractivity contribution in [3.05, 3.63) is 35.9 Å². The number of rotatable bonds is 13. The van der Waals surface area contributed by atoms with Crippen LogP contribution in [0.15, 0.2) is 30.3 Å². The Labute approximate surface area is 180 Å². The number of fused-ring (bicyclic) bond motifs is 1. The van der Waals surface area contributed by atoms with Crippen LogP contribution in [-0.2, 0) is 30.4 Å². The van der Waals surface area contributed by atoms with Crippen molar-refractivity contribution in [3.63, 3.8) is 0 Å². The minimum absolute atomic E-state index is 0.0935. The van der Waals surface area contributed by atoms with Gasteiger partial charge in [0.2, 0.25) is 0 Å². The van der Waals surface area contributed by atoms with Crippen LogP contribution in [0, 0.1) is 11.8 Å². The molecule has 0 aromatic heterocycles. The molecule has 0 N–H and O–H groups in total. The van der Waals surface area contributed by atoms with E-state index in [-0.39, 0.29) is 30.8 Å². The highest BCUT2D eigenvalue weighted by molar-refractivity contribution is 5.82. The van der Waals surface area contributed by atoms with Crippen molar-refractivity contribution in [1.82, 2.24) is 0 Å². The van der Waals surface area contributed by atoms with E-state index in [2.05, 4.69) is 6.92 Å². The van der Waals surface area contributed by atoms with Crippen LogP contribution in [0.4, 0.5) is 0 Å². The van der Waals surface area contributed by atoms with Crippen LogP contribution in [0.5, 0.6) is 0 Å². The van der Waals surface area contributed by atoms with Gasteiger partial charge in [-0.05, 0) is 24.8 Å². The molecule has 166 valence electrons. The van der Waals surface area contributed by atoms with Crippen LogP contribution in [0.2, 0.25) is 0 Å². The lowest BCUT2D eigenvalue weighted by Gasteiger charge is -2.26. The Hall–Kier alpha value is -1.88. The van der Waals surface area contributed by atoms with E-state index >= 15 is 0 Å². The summed E-state index contributed by atoms with van der Waals surface area (Å²) in [5.41, 5.74) is 0.941. The molecule has 2 aliphatic rings. The van der Waals surface area contributed by atoms with E-state index in [1.54, 1.807) is 0 Å².